The Morgan fingerprint density at radius 1 is 1.35 bits per heavy atom. The summed E-state index contributed by atoms with van der Waals surface area (Å²) in [5, 5.41) is 0. The highest BCUT2D eigenvalue weighted by atomic mass is 16.2. The number of hydrogen-bond donors (Lipinski definition) is 1. The summed E-state index contributed by atoms with van der Waals surface area (Å²) >= 11 is 0. The van der Waals surface area contributed by atoms with Crippen LogP contribution in [0.25, 0.3) is 0 Å². The van der Waals surface area contributed by atoms with Crippen LogP contribution in [0.1, 0.15) is 52.4 Å². The highest BCUT2D eigenvalue weighted by molar-refractivity contribution is 5.76. The van der Waals surface area contributed by atoms with Gasteiger partial charge in [0, 0.05) is 19.5 Å². The second kappa shape index (κ2) is 7.70. The number of nitrogens with two attached hydrogens (primary N) is 1. The second-order valence-electron chi connectivity index (χ2n) is 5.48. The molecule has 1 fully saturated rings. The summed E-state index contributed by atoms with van der Waals surface area (Å²) in [6.07, 6.45) is 7.22. The van der Waals surface area contributed by atoms with Crippen molar-refractivity contribution in [3.05, 3.63) is 0 Å². The maximum absolute atomic E-state index is 12.2. The third-order valence-corrected chi connectivity index (χ3v) is 3.86. The van der Waals surface area contributed by atoms with Gasteiger partial charge < -0.3 is 10.6 Å². The van der Waals surface area contributed by atoms with Gasteiger partial charge in [0.1, 0.15) is 0 Å². The highest BCUT2D eigenvalue weighted by Gasteiger charge is 2.21. The molecule has 1 aliphatic carbocycles. The highest BCUT2D eigenvalue weighted by Crippen LogP contribution is 2.26. The van der Waals surface area contributed by atoms with Crippen LogP contribution in [0.3, 0.4) is 0 Å². The summed E-state index contributed by atoms with van der Waals surface area (Å²) in [6.45, 7) is 6.46. The van der Waals surface area contributed by atoms with E-state index in [4.69, 9.17) is 5.73 Å². The van der Waals surface area contributed by atoms with Crippen molar-refractivity contribution < 1.29 is 4.79 Å². The minimum absolute atomic E-state index is 0.333. The lowest BCUT2D eigenvalue weighted by Gasteiger charge is -2.27. The molecule has 0 spiro atoms. The lowest BCUT2D eigenvalue weighted by molar-refractivity contribution is -0.132. The van der Waals surface area contributed by atoms with E-state index in [1.165, 1.54) is 32.1 Å². The Hall–Kier alpha value is -0.570. The first-order chi connectivity index (χ1) is 8.17. The van der Waals surface area contributed by atoms with E-state index >= 15 is 0 Å². The first-order valence-corrected chi connectivity index (χ1v) is 7.15. The molecule has 0 saturated heterocycles. The fourth-order valence-corrected chi connectivity index (χ4v) is 2.63. The Bertz CT molecular complexity index is 224. The predicted octanol–water partition coefficient (Wildman–Crippen LogP) is 2.40. The molecule has 3 nitrogen and oxygen atoms in total. The first kappa shape index (κ1) is 14.5. The number of carbonyl (C=O) groups excluding carboxylic acids is 1. The zero-order valence-electron chi connectivity index (χ0n) is 11.5. The topological polar surface area (TPSA) is 46.3 Å². The minimum atomic E-state index is 0.333. The molecule has 100 valence electrons. The Labute approximate surface area is 106 Å². The van der Waals surface area contributed by atoms with Crippen molar-refractivity contribution in [1.29, 1.82) is 0 Å². The summed E-state index contributed by atoms with van der Waals surface area (Å²) in [4.78, 5) is 14.2. The van der Waals surface area contributed by atoms with E-state index in [0.29, 0.717) is 24.3 Å². The van der Waals surface area contributed by atoms with Gasteiger partial charge in [0.2, 0.25) is 5.91 Å². The monoisotopic (exact) mass is 240 g/mol. The number of carbonyl (C=O) groups is 1. The number of amides is 1. The average Bonchev–Trinajstić information content (AvgIpc) is 2.36. The van der Waals surface area contributed by atoms with Crippen molar-refractivity contribution in [2.24, 2.45) is 17.6 Å². The molecule has 1 aliphatic rings. The van der Waals surface area contributed by atoms with Crippen molar-refractivity contribution in [3.63, 3.8) is 0 Å². The molecular formula is C14H28N2O. The van der Waals surface area contributed by atoms with Crippen LogP contribution >= 0.6 is 0 Å². The molecule has 1 saturated carbocycles. The Morgan fingerprint density at radius 3 is 2.53 bits per heavy atom. The van der Waals surface area contributed by atoms with E-state index in [-0.39, 0.29) is 0 Å². The Balaban J connectivity index is 2.36. The maximum Gasteiger partial charge on any atom is 0.222 e. The van der Waals surface area contributed by atoms with E-state index in [1.807, 2.05) is 4.90 Å². The van der Waals surface area contributed by atoms with Crippen LogP contribution < -0.4 is 5.73 Å². The van der Waals surface area contributed by atoms with E-state index in [2.05, 4.69) is 13.8 Å². The summed E-state index contributed by atoms with van der Waals surface area (Å²) < 4.78 is 0. The number of hydrogen-bond acceptors (Lipinski definition) is 2. The van der Waals surface area contributed by atoms with Crippen molar-refractivity contribution in [1.82, 2.24) is 4.90 Å². The Kier molecular flexibility index (Phi) is 6.56. The molecule has 0 bridgehead atoms. The fourth-order valence-electron chi connectivity index (χ4n) is 2.63. The smallest absolute Gasteiger partial charge is 0.222 e. The van der Waals surface area contributed by atoms with Crippen LogP contribution in [0.15, 0.2) is 0 Å². The standard InChI is InChI=1S/C14H28N2O/c1-3-16(11-12(2)10-15)14(17)9-13-7-5-4-6-8-13/h12-13H,3-11,15H2,1-2H3. The van der Waals surface area contributed by atoms with Crippen LogP contribution in [-0.2, 0) is 4.79 Å². The molecule has 0 radical (unpaired) electrons. The van der Waals surface area contributed by atoms with E-state index < -0.39 is 0 Å². The van der Waals surface area contributed by atoms with Gasteiger partial charge in [-0.2, -0.15) is 0 Å². The summed E-state index contributed by atoms with van der Waals surface area (Å²) in [5.74, 6) is 1.38. The van der Waals surface area contributed by atoms with Crippen molar-refractivity contribution in [2.75, 3.05) is 19.6 Å². The summed E-state index contributed by atoms with van der Waals surface area (Å²) in [7, 11) is 0. The van der Waals surface area contributed by atoms with Gasteiger partial charge in [-0.05, 0) is 38.1 Å². The lowest BCUT2D eigenvalue weighted by atomic mass is 9.86. The molecule has 0 aromatic heterocycles. The van der Waals surface area contributed by atoms with Crippen molar-refractivity contribution in [2.45, 2.75) is 52.4 Å². The molecule has 1 rings (SSSR count). The van der Waals surface area contributed by atoms with E-state index in [1.54, 1.807) is 0 Å². The fraction of sp³-hybridized carbons (Fsp3) is 0.929. The molecule has 0 heterocycles. The molecule has 2 N–H and O–H groups in total. The van der Waals surface area contributed by atoms with Crippen LogP contribution in [-0.4, -0.2) is 30.4 Å². The largest absolute Gasteiger partial charge is 0.343 e. The zero-order chi connectivity index (χ0) is 12.7. The SMILES string of the molecule is CCN(CC(C)CN)C(=O)CC1CCCCC1. The molecule has 0 aromatic carbocycles. The molecule has 3 heteroatoms. The average molecular weight is 240 g/mol. The second-order valence-corrected chi connectivity index (χ2v) is 5.48. The normalized spacial score (nSPS) is 19.0. The van der Waals surface area contributed by atoms with Gasteiger partial charge >= 0.3 is 0 Å². The van der Waals surface area contributed by atoms with Crippen LogP contribution in [0.2, 0.25) is 0 Å². The number of rotatable bonds is 6. The molecule has 1 unspecified atom stereocenters. The predicted molar refractivity (Wildman–Crippen MR) is 71.7 cm³/mol. The maximum atomic E-state index is 12.2. The van der Waals surface area contributed by atoms with Gasteiger partial charge in [-0.15, -0.1) is 0 Å². The summed E-state index contributed by atoms with van der Waals surface area (Å²) in [5.41, 5.74) is 5.62. The zero-order valence-corrected chi connectivity index (χ0v) is 11.5. The van der Waals surface area contributed by atoms with E-state index in [9.17, 15) is 4.79 Å². The molecule has 17 heavy (non-hydrogen) atoms. The van der Waals surface area contributed by atoms with Crippen molar-refractivity contribution >= 4 is 5.91 Å². The van der Waals surface area contributed by atoms with Gasteiger partial charge in [-0.1, -0.05) is 26.2 Å². The third kappa shape index (κ3) is 5.07. The minimum Gasteiger partial charge on any atom is -0.343 e. The molecule has 1 amide bonds. The van der Waals surface area contributed by atoms with Gasteiger partial charge in [-0.25, -0.2) is 0 Å². The quantitative estimate of drug-likeness (QED) is 0.775. The molecule has 0 aromatic rings. The number of nitrogens with zero attached hydrogens (tertiary/aromatic N) is 1. The molecular weight excluding hydrogens is 212 g/mol. The first-order valence-electron chi connectivity index (χ1n) is 7.15. The van der Waals surface area contributed by atoms with Gasteiger partial charge in [0.05, 0.1) is 0 Å². The van der Waals surface area contributed by atoms with Gasteiger partial charge in [0.15, 0.2) is 0 Å². The van der Waals surface area contributed by atoms with E-state index in [0.717, 1.165) is 19.5 Å². The lowest BCUT2D eigenvalue weighted by Crippen LogP contribution is -2.37. The summed E-state index contributed by atoms with van der Waals surface area (Å²) in [6, 6.07) is 0. The van der Waals surface area contributed by atoms with Crippen LogP contribution in [0.4, 0.5) is 0 Å². The third-order valence-electron chi connectivity index (χ3n) is 3.86. The van der Waals surface area contributed by atoms with Gasteiger partial charge in [-0.3, -0.25) is 4.79 Å². The van der Waals surface area contributed by atoms with Gasteiger partial charge in [0.25, 0.3) is 0 Å². The van der Waals surface area contributed by atoms with Crippen LogP contribution in [0.5, 0.6) is 0 Å². The van der Waals surface area contributed by atoms with Crippen LogP contribution in [0, 0.1) is 11.8 Å². The van der Waals surface area contributed by atoms with Crippen molar-refractivity contribution in [3.8, 4) is 0 Å². The molecule has 0 aliphatic heterocycles. The molecule has 1 atom stereocenters. The Morgan fingerprint density at radius 2 is 2.00 bits per heavy atom.